The Morgan fingerprint density at radius 3 is 2.62 bits per heavy atom. The van der Waals surface area contributed by atoms with Crippen LogP contribution in [0, 0.1) is 0 Å². The highest BCUT2D eigenvalue weighted by Gasteiger charge is 2.19. The third-order valence-corrected chi connectivity index (χ3v) is 5.41. The first kappa shape index (κ1) is 19.3. The first-order valence-corrected chi connectivity index (χ1v) is 10.2. The van der Waals surface area contributed by atoms with E-state index in [4.69, 9.17) is 9.47 Å². The minimum Gasteiger partial charge on any atom is -0.486 e. The van der Waals surface area contributed by atoms with Gasteiger partial charge in [-0.1, -0.05) is 18.2 Å². The molecule has 2 aromatic carbocycles. The maximum absolute atomic E-state index is 12.7. The van der Waals surface area contributed by atoms with Gasteiger partial charge in [0, 0.05) is 18.3 Å². The van der Waals surface area contributed by atoms with Crippen LogP contribution in [-0.2, 0) is 28.9 Å². The SMILES string of the molecule is CCN(CC(=O)Nc1ccc2c(c1)OCCO2)C(=O)Cc1ccc2c(c1)CCC2. The second kappa shape index (κ2) is 8.55. The Bertz CT molecular complexity index is 925. The molecule has 29 heavy (non-hydrogen) atoms. The van der Waals surface area contributed by atoms with Crippen molar-refractivity contribution in [2.75, 3.05) is 31.6 Å². The molecule has 0 radical (unpaired) electrons. The molecule has 0 aromatic heterocycles. The highest BCUT2D eigenvalue weighted by Crippen LogP contribution is 2.32. The molecule has 4 rings (SSSR count). The lowest BCUT2D eigenvalue weighted by Gasteiger charge is -2.21. The van der Waals surface area contributed by atoms with Crippen LogP contribution >= 0.6 is 0 Å². The summed E-state index contributed by atoms with van der Waals surface area (Å²) in [6.07, 6.45) is 3.73. The molecule has 0 spiro atoms. The van der Waals surface area contributed by atoms with Gasteiger partial charge in [0.1, 0.15) is 13.2 Å². The van der Waals surface area contributed by atoms with E-state index >= 15 is 0 Å². The fourth-order valence-corrected chi connectivity index (χ4v) is 3.89. The van der Waals surface area contributed by atoms with Crippen LogP contribution in [0.25, 0.3) is 0 Å². The number of carbonyl (C=O) groups excluding carboxylic acids is 2. The number of anilines is 1. The van der Waals surface area contributed by atoms with Crippen molar-refractivity contribution < 1.29 is 19.1 Å². The molecule has 2 aromatic rings. The van der Waals surface area contributed by atoms with Crippen molar-refractivity contribution in [3.8, 4) is 11.5 Å². The Morgan fingerprint density at radius 1 is 1.00 bits per heavy atom. The van der Waals surface area contributed by atoms with E-state index in [0.717, 1.165) is 18.4 Å². The predicted molar refractivity (Wildman–Crippen MR) is 110 cm³/mol. The Morgan fingerprint density at radius 2 is 1.79 bits per heavy atom. The second-order valence-corrected chi connectivity index (χ2v) is 7.45. The van der Waals surface area contributed by atoms with Crippen LogP contribution in [0.4, 0.5) is 5.69 Å². The molecule has 0 saturated heterocycles. The van der Waals surface area contributed by atoms with E-state index in [1.807, 2.05) is 13.0 Å². The molecule has 6 heteroatoms. The lowest BCUT2D eigenvalue weighted by molar-refractivity contribution is -0.133. The Labute approximate surface area is 170 Å². The van der Waals surface area contributed by atoms with Gasteiger partial charge in [0.25, 0.3) is 0 Å². The standard InChI is InChI=1S/C23H26N2O4/c1-2-25(23(27)13-16-6-7-17-4-3-5-18(17)12-16)15-22(26)24-19-8-9-20-21(14-19)29-11-10-28-20/h6-9,12,14H,2-5,10-11,13,15H2,1H3,(H,24,26). The molecule has 2 aliphatic rings. The molecule has 0 unspecified atom stereocenters. The van der Waals surface area contributed by atoms with Gasteiger partial charge >= 0.3 is 0 Å². The molecular formula is C23H26N2O4. The number of ether oxygens (including phenoxy) is 2. The van der Waals surface area contributed by atoms with Crippen LogP contribution in [0.15, 0.2) is 36.4 Å². The molecule has 0 saturated carbocycles. The van der Waals surface area contributed by atoms with Gasteiger partial charge in [-0.25, -0.2) is 0 Å². The van der Waals surface area contributed by atoms with Crippen molar-refractivity contribution in [3.63, 3.8) is 0 Å². The van der Waals surface area contributed by atoms with Gasteiger partial charge in [-0.2, -0.15) is 0 Å². The van der Waals surface area contributed by atoms with Gasteiger partial charge in [-0.05, 0) is 55.0 Å². The van der Waals surface area contributed by atoms with Crippen LogP contribution in [0.2, 0.25) is 0 Å². The summed E-state index contributed by atoms with van der Waals surface area (Å²) >= 11 is 0. The molecule has 0 bridgehead atoms. The minimum absolute atomic E-state index is 0.0225. The average molecular weight is 394 g/mol. The molecule has 1 aliphatic carbocycles. The molecule has 0 atom stereocenters. The number of carbonyl (C=O) groups is 2. The maximum atomic E-state index is 12.7. The number of nitrogens with zero attached hydrogens (tertiary/aromatic N) is 1. The average Bonchev–Trinajstić information content (AvgIpc) is 3.19. The van der Waals surface area contributed by atoms with E-state index in [0.29, 0.717) is 43.4 Å². The largest absolute Gasteiger partial charge is 0.486 e. The first-order valence-electron chi connectivity index (χ1n) is 10.2. The van der Waals surface area contributed by atoms with Gasteiger partial charge in [0.05, 0.1) is 13.0 Å². The van der Waals surface area contributed by atoms with Crippen LogP contribution in [0.1, 0.15) is 30.0 Å². The zero-order chi connectivity index (χ0) is 20.2. The topological polar surface area (TPSA) is 67.9 Å². The summed E-state index contributed by atoms with van der Waals surface area (Å²) in [4.78, 5) is 26.8. The van der Waals surface area contributed by atoms with E-state index in [9.17, 15) is 9.59 Å². The number of rotatable bonds is 6. The zero-order valence-electron chi connectivity index (χ0n) is 16.7. The minimum atomic E-state index is -0.231. The summed E-state index contributed by atoms with van der Waals surface area (Å²) in [5.41, 5.74) is 4.39. The monoisotopic (exact) mass is 394 g/mol. The van der Waals surface area contributed by atoms with Crippen LogP contribution in [-0.4, -0.2) is 43.0 Å². The summed E-state index contributed by atoms with van der Waals surface area (Å²) in [6, 6.07) is 11.6. The summed E-state index contributed by atoms with van der Waals surface area (Å²) in [7, 11) is 0. The van der Waals surface area contributed by atoms with E-state index in [2.05, 4.69) is 17.4 Å². The molecule has 152 valence electrons. The quantitative estimate of drug-likeness (QED) is 0.818. The molecule has 1 heterocycles. The summed E-state index contributed by atoms with van der Waals surface area (Å²) in [5, 5.41) is 2.84. The zero-order valence-corrected chi connectivity index (χ0v) is 16.7. The first-order chi connectivity index (χ1) is 14.1. The number of hydrogen-bond acceptors (Lipinski definition) is 4. The number of amides is 2. The van der Waals surface area contributed by atoms with Gasteiger partial charge in [-0.15, -0.1) is 0 Å². The van der Waals surface area contributed by atoms with E-state index in [1.54, 1.807) is 23.1 Å². The molecule has 1 N–H and O–H groups in total. The molecule has 1 aliphatic heterocycles. The molecule has 2 amide bonds. The Hall–Kier alpha value is -3.02. The van der Waals surface area contributed by atoms with Gasteiger partial charge in [0.2, 0.25) is 11.8 Å². The third-order valence-electron chi connectivity index (χ3n) is 5.41. The van der Waals surface area contributed by atoms with E-state index in [-0.39, 0.29) is 18.4 Å². The van der Waals surface area contributed by atoms with Crippen LogP contribution in [0.5, 0.6) is 11.5 Å². The normalized spacial score (nSPS) is 14.2. The lowest BCUT2D eigenvalue weighted by Crippen LogP contribution is -2.38. The number of fused-ring (bicyclic) bond motifs is 2. The number of nitrogens with one attached hydrogen (secondary N) is 1. The highest BCUT2D eigenvalue weighted by atomic mass is 16.6. The fourth-order valence-electron chi connectivity index (χ4n) is 3.89. The smallest absolute Gasteiger partial charge is 0.243 e. The molecule has 6 nitrogen and oxygen atoms in total. The van der Waals surface area contributed by atoms with Crippen LogP contribution < -0.4 is 14.8 Å². The third kappa shape index (κ3) is 4.53. The highest BCUT2D eigenvalue weighted by molar-refractivity contribution is 5.95. The molecular weight excluding hydrogens is 368 g/mol. The number of benzene rings is 2. The van der Waals surface area contributed by atoms with Gasteiger partial charge < -0.3 is 19.7 Å². The second-order valence-electron chi connectivity index (χ2n) is 7.45. The van der Waals surface area contributed by atoms with Crippen molar-refractivity contribution in [1.29, 1.82) is 0 Å². The van der Waals surface area contributed by atoms with Gasteiger partial charge in [-0.3, -0.25) is 9.59 Å². The number of likely N-dealkylation sites (N-methyl/N-ethyl adjacent to an activating group) is 1. The van der Waals surface area contributed by atoms with Crippen molar-refractivity contribution in [1.82, 2.24) is 4.90 Å². The fraction of sp³-hybridized carbons (Fsp3) is 0.391. The predicted octanol–water partition coefficient (Wildman–Crippen LogP) is 2.98. The summed E-state index contributed by atoms with van der Waals surface area (Å²) in [5.74, 6) is 1.02. The molecule has 0 fully saturated rings. The number of hydrogen-bond donors (Lipinski definition) is 1. The van der Waals surface area contributed by atoms with Crippen molar-refractivity contribution in [2.24, 2.45) is 0 Å². The van der Waals surface area contributed by atoms with Crippen LogP contribution in [0.3, 0.4) is 0 Å². The Kier molecular flexibility index (Phi) is 5.69. The van der Waals surface area contributed by atoms with E-state index in [1.165, 1.54) is 17.5 Å². The number of aryl methyl sites for hydroxylation is 2. The maximum Gasteiger partial charge on any atom is 0.243 e. The van der Waals surface area contributed by atoms with Crippen molar-refractivity contribution >= 4 is 17.5 Å². The Balaban J connectivity index is 1.35. The van der Waals surface area contributed by atoms with Crippen molar-refractivity contribution in [2.45, 2.75) is 32.6 Å². The van der Waals surface area contributed by atoms with E-state index < -0.39 is 0 Å². The van der Waals surface area contributed by atoms with Gasteiger partial charge in [0.15, 0.2) is 11.5 Å². The summed E-state index contributed by atoms with van der Waals surface area (Å²) in [6.45, 7) is 3.41. The lowest BCUT2D eigenvalue weighted by atomic mass is 10.0. The summed E-state index contributed by atoms with van der Waals surface area (Å²) < 4.78 is 11.0. The van der Waals surface area contributed by atoms with Crippen molar-refractivity contribution in [3.05, 3.63) is 53.1 Å².